The molecule has 0 amide bonds. The first-order valence-electron chi connectivity index (χ1n) is 4.23. The van der Waals surface area contributed by atoms with Crippen molar-refractivity contribution in [1.29, 1.82) is 0 Å². The fourth-order valence-electron chi connectivity index (χ4n) is 0.550. The molecule has 0 rings (SSSR count). The number of hydrogen-bond donors (Lipinski definition) is 2. The Hall–Kier alpha value is -1.06. The van der Waals surface area contributed by atoms with Gasteiger partial charge in [0.2, 0.25) is 0 Å². The second kappa shape index (κ2) is 8.04. The third-order valence-electron chi connectivity index (χ3n) is 1.55. The van der Waals surface area contributed by atoms with Gasteiger partial charge in [-0.2, -0.15) is 5.10 Å². The third kappa shape index (κ3) is 7.05. The number of aliphatic imine (C=N–C) groups is 1. The summed E-state index contributed by atoms with van der Waals surface area (Å²) in [6, 6.07) is 0. The summed E-state index contributed by atoms with van der Waals surface area (Å²) in [4.78, 5) is 4.16. The standard InChI is InChI=1S/C8H18N4/c1-4-8(2)5-10-6-11-7-12-9-3/h6-9H,4-5H2,1-3H3,(H,10,11,12). The van der Waals surface area contributed by atoms with Crippen LogP contribution < -0.4 is 10.7 Å². The van der Waals surface area contributed by atoms with Gasteiger partial charge in [0.25, 0.3) is 0 Å². The minimum absolute atomic E-state index is 0.657. The quantitative estimate of drug-likeness (QED) is 0.352. The summed E-state index contributed by atoms with van der Waals surface area (Å²) in [5.41, 5.74) is 2.62. The summed E-state index contributed by atoms with van der Waals surface area (Å²) >= 11 is 0. The zero-order valence-corrected chi connectivity index (χ0v) is 8.04. The predicted octanol–water partition coefficient (Wildman–Crippen LogP) is 0.813. The largest absolute Gasteiger partial charge is 0.336 e. The van der Waals surface area contributed by atoms with E-state index in [1.54, 1.807) is 19.7 Å². The monoisotopic (exact) mass is 170 g/mol. The van der Waals surface area contributed by atoms with Crippen LogP contribution in [0.1, 0.15) is 20.3 Å². The number of nitrogens with zero attached hydrogens (tertiary/aromatic N) is 2. The molecule has 4 heteroatoms. The van der Waals surface area contributed by atoms with E-state index < -0.39 is 0 Å². The maximum Gasteiger partial charge on any atom is 0.113 e. The lowest BCUT2D eigenvalue weighted by Gasteiger charge is -2.01. The Balaban J connectivity index is 3.31. The Morgan fingerprint density at radius 1 is 1.42 bits per heavy atom. The van der Waals surface area contributed by atoms with Crippen LogP contribution in [0.2, 0.25) is 0 Å². The first kappa shape index (κ1) is 10.9. The Labute approximate surface area is 74.2 Å². The van der Waals surface area contributed by atoms with Crippen molar-refractivity contribution >= 4 is 12.7 Å². The van der Waals surface area contributed by atoms with Crippen molar-refractivity contribution in [2.45, 2.75) is 20.3 Å². The van der Waals surface area contributed by atoms with Crippen molar-refractivity contribution < 1.29 is 0 Å². The second-order valence-electron chi connectivity index (χ2n) is 2.66. The summed E-state index contributed by atoms with van der Waals surface area (Å²) in [5.74, 6) is 0.657. The molecule has 70 valence electrons. The third-order valence-corrected chi connectivity index (χ3v) is 1.55. The summed E-state index contributed by atoms with van der Waals surface area (Å²) in [6.07, 6.45) is 4.38. The molecule has 0 saturated heterocycles. The summed E-state index contributed by atoms with van der Waals surface area (Å²) < 4.78 is 0. The van der Waals surface area contributed by atoms with Crippen LogP contribution in [-0.2, 0) is 0 Å². The normalized spacial score (nSPS) is 13.9. The maximum atomic E-state index is 4.16. The summed E-state index contributed by atoms with van der Waals surface area (Å²) in [5, 5.41) is 6.55. The summed E-state index contributed by atoms with van der Waals surface area (Å²) in [7, 11) is 1.74. The van der Waals surface area contributed by atoms with Crippen molar-refractivity contribution in [2.24, 2.45) is 16.0 Å². The zero-order chi connectivity index (χ0) is 9.23. The van der Waals surface area contributed by atoms with Crippen molar-refractivity contribution in [2.75, 3.05) is 13.6 Å². The van der Waals surface area contributed by atoms with E-state index in [-0.39, 0.29) is 0 Å². The molecule has 1 atom stereocenters. The van der Waals surface area contributed by atoms with E-state index in [1.165, 1.54) is 6.42 Å². The highest BCUT2D eigenvalue weighted by molar-refractivity contribution is 5.74. The van der Waals surface area contributed by atoms with E-state index in [2.05, 4.69) is 34.7 Å². The van der Waals surface area contributed by atoms with Crippen molar-refractivity contribution in [3.63, 3.8) is 0 Å². The molecule has 0 bridgehead atoms. The van der Waals surface area contributed by atoms with Gasteiger partial charge in [-0.15, -0.1) is 0 Å². The molecular weight excluding hydrogens is 152 g/mol. The minimum atomic E-state index is 0.657. The lowest BCUT2D eigenvalue weighted by atomic mass is 10.1. The molecule has 1 unspecified atom stereocenters. The van der Waals surface area contributed by atoms with E-state index in [4.69, 9.17) is 0 Å². The lowest BCUT2D eigenvalue weighted by Crippen LogP contribution is -2.11. The van der Waals surface area contributed by atoms with Crippen LogP contribution in [0, 0.1) is 5.92 Å². The highest BCUT2D eigenvalue weighted by Crippen LogP contribution is 1.98. The van der Waals surface area contributed by atoms with Gasteiger partial charge in [-0.05, 0) is 5.92 Å². The highest BCUT2D eigenvalue weighted by atomic mass is 15.3. The molecule has 0 aromatic carbocycles. The average molecular weight is 170 g/mol. The number of hydrogen-bond acceptors (Lipinski definition) is 3. The molecule has 12 heavy (non-hydrogen) atoms. The maximum absolute atomic E-state index is 4.16. The van der Waals surface area contributed by atoms with Crippen LogP contribution in [0.5, 0.6) is 0 Å². The van der Waals surface area contributed by atoms with Gasteiger partial charge in [-0.1, -0.05) is 20.3 Å². The SMILES string of the molecule is CCC(C)CN=CNC=NNC. The molecule has 0 saturated carbocycles. The lowest BCUT2D eigenvalue weighted by molar-refractivity contribution is 0.577. The molecular formula is C8H18N4. The fourth-order valence-corrected chi connectivity index (χ4v) is 0.550. The van der Waals surface area contributed by atoms with Gasteiger partial charge in [-0.25, -0.2) is 0 Å². The van der Waals surface area contributed by atoms with Crippen molar-refractivity contribution in [1.82, 2.24) is 10.7 Å². The van der Waals surface area contributed by atoms with Gasteiger partial charge in [0.1, 0.15) is 6.34 Å². The second-order valence-corrected chi connectivity index (χ2v) is 2.66. The van der Waals surface area contributed by atoms with E-state index in [1.807, 2.05) is 0 Å². The Morgan fingerprint density at radius 2 is 2.17 bits per heavy atom. The topological polar surface area (TPSA) is 48.8 Å². The van der Waals surface area contributed by atoms with Crippen molar-refractivity contribution in [3.8, 4) is 0 Å². The Morgan fingerprint density at radius 3 is 2.75 bits per heavy atom. The number of nitrogens with one attached hydrogen (secondary N) is 2. The molecule has 0 radical (unpaired) electrons. The first-order chi connectivity index (χ1) is 5.81. The fraction of sp³-hybridized carbons (Fsp3) is 0.750. The van der Waals surface area contributed by atoms with E-state index >= 15 is 0 Å². The van der Waals surface area contributed by atoms with Gasteiger partial charge in [-0.3, -0.25) is 4.99 Å². The van der Waals surface area contributed by atoms with Gasteiger partial charge < -0.3 is 10.7 Å². The van der Waals surface area contributed by atoms with E-state index in [9.17, 15) is 0 Å². The summed E-state index contributed by atoms with van der Waals surface area (Å²) in [6.45, 7) is 5.21. The molecule has 0 aliphatic rings. The van der Waals surface area contributed by atoms with Crippen LogP contribution in [0.4, 0.5) is 0 Å². The zero-order valence-electron chi connectivity index (χ0n) is 8.04. The highest BCUT2D eigenvalue weighted by Gasteiger charge is 1.92. The Kier molecular flexibility index (Phi) is 7.33. The van der Waals surface area contributed by atoms with Crippen LogP contribution in [-0.4, -0.2) is 26.3 Å². The van der Waals surface area contributed by atoms with Gasteiger partial charge in [0.15, 0.2) is 0 Å². The van der Waals surface area contributed by atoms with Gasteiger partial charge >= 0.3 is 0 Å². The molecule has 0 aliphatic heterocycles. The van der Waals surface area contributed by atoms with Crippen LogP contribution in [0.3, 0.4) is 0 Å². The molecule has 2 N–H and O–H groups in total. The van der Waals surface area contributed by atoms with Gasteiger partial charge in [0.05, 0.1) is 6.34 Å². The molecule has 0 aromatic rings. The molecule has 4 nitrogen and oxygen atoms in total. The molecule has 0 aliphatic carbocycles. The number of hydrazone groups is 1. The van der Waals surface area contributed by atoms with Crippen LogP contribution >= 0.6 is 0 Å². The smallest absolute Gasteiger partial charge is 0.113 e. The van der Waals surface area contributed by atoms with Gasteiger partial charge in [0, 0.05) is 13.6 Å². The minimum Gasteiger partial charge on any atom is -0.336 e. The van der Waals surface area contributed by atoms with Crippen molar-refractivity contribution in [3.05, 3.63) is 0 Å². The van der Waals surface area contributed by atoms with E-state index in [0.29, 0.717) is 5.92 Å². The molecule has 0 aromatic heterocycles. The van der Waals surface area contributed by atoms with E-state index in [0.717, 1.165) is 6.54 Å². The molecule has 0 spiro atoms. The molecule has 0 heterocycles. The number of rotatable bonds is 6. The Bertz CT molecular complexity index is 142. The first-order valence-corrected chi connectivity index (χ1v) is 4.23. The van der Waals surface area contributed by atoms with Crippen LogP contribution in [0.15, 0.2) is 10.1 Å². The predicted molar refractivity (Wildman–Crippen MR) is 53.5 cm³/mol. The van der Waals surface area contributed by atoms with Crippen LogP contribution in [0.25, 0.3) is 0 Å². The molecule has 0 fully saturated rings. The average Bonchev–Trinajstić information content (AvgIpc) is 2.10.